The largest absolute Gasteiger partial charge is 0.493 e. The number of nitrogens with zero attached hydrogens (tertiary/aromatic N) is 1. The van der Waals surface area contributed by atoms with Crippen molar-refractivity contribution in [2.24, 2.45) is 0 Å². The Hall–Kier alpha value is -1.50. The van der Waals surface area contributed by atoms with E-state index in [-0.39, 0.29) is 23.7 Å². The number of ether oxygens (including phenoxy) is 3. The maximum Gasteiger partial charge on any atom is 0.251 e. The standard InChI is InChI=1S/C21H33ClN2O4/c1-7-8-27-19-17(22)9-16(10-18(19)26-6)20(25)23-13-21(4,5)24-11-14(2)28-15(3)12-24/h9-10,14-15H,7-8,11-13H2,1-6H3,(H,23,25)/t14-,15-/m1/s1. The minimum atomic E-state index is -0.194. The highest BCUT2D eigenvalue weighted by Crippen LogP contribution is 2.36. The van der Waals surface area contributed by atoms with Crippen LogP contribution in [0.15, 0.2) is 12.1 Å². The number of halogens is 1. The zero-order chi connectivity index (χ0) is 20.9. The van der Waals surface area contributed by atoms with E-state index in [0.717, 1.165) is 19.5 Å². The first kappa shape index (κ1) is 22.8. The highest BCUT2D eigenvalue weighted by Gasteiger charge is 2.33. The smallest absolute Gasteiger partial charge is 0.251 e. The minimum Gasteiger partial charge on any atom is -0.493 e. The number of morpholine rings is 1. The van der Waals surface area contributed by atoms with Crippen molar-refractivity contribution in [1.82, 2.24) is 10.2 Å². The van der Waals surface area contributed by atoms with Gasteiger partial charge in [-0.1, -0.05) is 18.5 Å². The molecule has 158 valence electrons. The molecule has 0 bridgehead atoms. The third kappa shape index (κ3) is 5.75. The lowest BCUT2D eigenvalue weighted by atomic mass is 10.00. The Balaban J connectivity index is 2.06. The Bertz CT molecular complexity index is 671. The van der Waals surface area contributed by atoms with Crippen LogP contribution in [-0.2, 0) is 4.74 Å². The van der Waals surface area contributed by atoms with Crippen LogP contribution < -0.4 is 14.8 Å². The van der Waals surface area contributed by atoms with Crippen molar-refractivity contribution in [3.8, 4) is 11.5 Å². The first-order valence-electron chi connectivity index (χ1n) is 9.87. The van der Waals surface area contributed by atoms with Gasteiger partial charge < -0.3 is 19.5 Å². The average Bonchev–Trinajstić information content (AvgIpc) is 2.63. The van der Waals surface area contributed by atoms with E-state index in [1.54, 1.807) is 12.1 Å². The summed E-state index contributed by atoms with van der Waals surface area (Å²) in [6, 6.07) is 3.29. The molecule has 0 aliphatic carbocycles. The van der Waals surface area contributed by atoms with Crippen LogP contribution in [0.1, 0.15) is 51.4 Å². The van der Waals surface area contributed by atoms with Crippen LogP contribution in [0.4, 0.5) is 0 Å². The summed E-state index contributed by atoms with van der Waals surface area (Å²) in [5, 5.41) is 3.40. The third-order valence-electron chi connectivity index (χ3n) is 4.90. The fourth-order valence-electron chi connectivity index (χ4n) is 3.38. The summed E-state index contributed by atoms with van der Waals surface area (Å²) >= 11 is 6.33. The molecule has 7 heteroatoms. The van der Waals surface area contributed by atoms with E-state index in [1.807, 2.05) is 6.92 Å². The van der Waals surface area contributed by atoms with E-state index in [2.05, 4.69) is 37.9 Å². The molecule has 2 atom stereocenters. The zero-order valence-electron chi connectivity index (χ0n) is 17.8. The Kier molecular flexibility index (Phi) is 7.98. The molecule has 0 radical (unpaired) electrons. The second-order valence-corrected chi connectivity index (χ2v) is 8.40. The summed E-state index contributed by atoms with van der Waals surface area (Å²) in [7, 11) is 1.54. The number of methoxy groups -OCH3 is 1. The molecule has 1 amide bonds. The number of hydrogen-bond donors (Lipinski definition) is 1. The third-order valence-corrected chi connectivity index (χ3v) is 5.18. The van der Waals surface area contributed by atoms with Crippen molar-refractivity contribution in [2.75, 3.05) is 33.4 Å². The van der Waals surface area contributed by atoms with Crippen molar-refractivity contribution in [3.63, 3.8) is 0 Å². The van der Waals surface area contributed by atoms with E-state index in [1.165, 1.54) is 7.11 Å². The van der Waals surface area contributed by atoms with E-state index in [4.69, 9.17) is 25.8 Å². The maximum absolute atomic E-state index is 12.7. The summed E-state index contributed by atoms with van der Waals surface area (Å²) in [6.07, 6.45) is 1.21. The molecule has 1 heterocycles. The molecule has 1 aromatic carbocycles. The fraction of sp³-hybridized carbons (Fsp3) is 0.667. The van der Waals surface area contributed by atoms with Gasteiger partial charge in [0.15, 0.2) is 11.5 Å². The molecule has 1 aromatic rings. The van der Waals surface area contributed by atoms with E-state index in [9.17, 15) is 4.79 Å². The quantitative estimate of drug-likeness (QED) is 0.704. The van der Waals surface area contributed by atoms with E-state index >= 15 is 0 Å². The van der Waals surface area contributed by atoms with Gasteiger partial charge in [-0.25, -0.2) is 0 Å². The molecule has 0 unspecified atom stereocenters. The molecule has 0 saturated carbocycles. The van der Waals surface area contributed by atoms with Crippen LogP contribution in [0.3, 0.4) is 0 Å². The lowest BCUT2D eigenvalue weighted by molar-refractivity contribution is -0.0948. The molecule has 6 nitrogen and oxygen atoms in total. The van der Waals surface area contributed by atoms with Crippen LogP contribution in [0, 0.1) is 0 Å². The molecule has 0 aromatic heterocycles. The van der Waals surface area contributed by atoms with Crippen molar-refractivity contribution in [2.45, 2.75) is 58.8 Å². The van der Waals surface area contributed by atoms with Gasteiger partial charge in [-0.2, -0.15) is 0 Å². The van der Waals surface area contributed by atoms with E-state index in [0.29, 0.717) is 35.2 Å². The van der Waals surface area contributed by atoms with Gasteiger partial charge in [-0.3, -0.25) is 9.69 Å². The van der Waals surface area contributed by atoms with Crippen molar-refractivity contribution < 1.29 is 19.0 Å². The van der Waals surface area contributed by atoms with Gasteiger partial charge in [-0.15, -0.1) is 0 Å². The predicted octanol–water partition coefficient (Wildman–Crippen LogP) is 3.76. The van der Waals surface area contributed by atoms with Crippen molar-refractivity contribution in [3.05, 3.63) is 22.7 Å². The van der Waals surface area contributed by atoms with Crippen LogP contribution >= 0.6 is 11.6 Å². The number of benzene rings is 1. The molecule has 1 fully saturated rings. The second-order valence-electron chi connectivity index (χ2n) is 8.00. The number of rotatable bonds is 8. The van der Waals surface area contributed by atoms with Gasteiger partial charge in [0.05, 0.1) is 30.9 Å². The summed E-state index contributed by atoms with van der Waals surface area (Å²) in [6.45, 7) is 13.2. The summed E-state index contributed by atoms with van der Waals surface area (Å²) in [5.41, 5.74) is 0.255. The number of carbonyl (C=O) groups is 1. The lowest BCUT2D eigenvalue weighted by Gasteiger charge is -2.45. The number of nitrogens with one attached hydrogen (secondary N) is 1. The SMILES string of the molecule is CCCOc1c(Cl)cc(C(=O)NCC(C)(C)N2C[C@@H](C)O[C@H](C)C2)cc1OC. The first-order chi connectivity index (χ1) is 13.2. The van der Waals surface area contributed by atoms with Gasteiger partial charge in [0.2, 0.25) is 0 Å². The fourth-order valence-corrected chi connectivity index (χ4v) is 3.64. The molecule has 1 aliphatic heterocycles. The topological polar surface area (TPSA) is 60.0 Å². The van der Waals surface area contributed by atoms with Gasteiger partial charge in [0.25, 0.3) is 5.91 Å². The zero-order valence-corrected chi connectivity index (χ0v) is 18.6. The van der Waals surface area contributed by atoms with Crippen molar-refractivity contribution >= 4 is 17.5 Å². The number of hydrogen-bond acceptors (Lipinski definition) is 5. The van der Waals surface area contributed by atoms with Crippen LogP contribution in [0.25, 0.3) is 0 Å². The molecule has 0 spiro atoms. The van der Waals surface area contributed by atoms with Gasteiger partial charge >= 0.3 is 0 Å². The minimum absolute atomic E-state index is 0.178. The van der Waals surface area contributed by atoms with Crippen LogP contribution in [0.2, 0.25) is 5.02 Å². The molecule has 1 aliphatic rings. The average molecular weight is 413 g/mol. The normalized spacial score (nSPS) is 20.7. The van der Waals surface area contributed by atoms with Crippen molar-refractivity contribution in [1.29, 1.82) is 0 Å². The summed E-state index contributed by atoms with van der Waals surface area (Å²) in [4.78, 5) is 15.1. The molecular formula is C21H33ClN2O4. The number of carbonyl (C=O) groups excluding carboxylic acids is 1. The Morgan fingerprint density at radius 2 is 1.96 bits per heavy atom. The molecule has 1 saturated heterocycles. The molecule has 28 heavy (non-hydrogen) atoms. The molecule has 1 N–H and O–H groups in total. The first-order valence-corrected chi connectivity index (χ1v) is 10.2. The predicted molar refractivity (Wildman–Crippen MR) is 112 cm³/mol. The second kappa shape index (κ2) is 9.81. The van der Waals surface area contributed by atoms with Crippen LogP contribution in [-0.4, -0.2) is 61.9 Å². The Labute approximate surface area is 173 Å². The van der Waals surface area contributed by atoms with Gasteiger partial charge in [0, 0.05) is 30.7 Å². The summed E-state index contributed by atoms with van der Waals surface area (Å²) in [5.74, 6) is 0.741. The van der Waals surface area contributed by atoms with Crippen LogP contribution in [0.5, 0.6) is 11.5 Å². The summed E-state index contributed by atoms with van der Waals surface area (Å²) < 4.78 is 16.8. The Morgan fingerprint density at radius 3 is 2.54 bits per heavy atom. The highest BCUT2D eigenvalue weighted by atomic mass is 35.5. The highest BCUT2D eigenvalue weighted by molar-refractivity contribution is 6.32. The molecular weight excluding hydrogens is 380 g/mol. The maximum atomic E-state index is 12.7. The molecule has 2 rings (SSSR count). The lowest BCUT2D eigenvalue weighted by Crippen LogP contribution is -2.58. The monoisotopic (exact) mass is 412 g/mol. The van der Waals surface area contributed by atoms with Gasteiger partial charge in [-0.05, 0) is 46.2 Å². The number of amides is 1. The van der Waals surface area contributed by atoms with Gasteiger partial charge in [0.1, 0.15) is 0 Å². The van der Waals surface area contributed by atoms with E-state index < -0.39 is 0 Å². The Morgan fingerprint density at radius 1 is 1.32 bits per heavy atom.